The number of carbonyl (C=O) groups excluding carboxylic acids is 1. The highest BCUT2D eigenvalue weighted by atomic mass is 16.2. The number of aromatic nitrogens is 5. The van der Waals surface area contributed by atoms with Gasteiger partial charge < -0.3 is 15.2 Å². The van der Waals surface area contributed by atoms with E-state index in [0.717, 1.165) is 12.1 Å². The average Bonchev–Trinajstić information content (AvgIpc) is 2.74. The predicted molar refractivity (Wildman–Crippen MR) is 105 cm³/mol. The van der Waals surface area contributed by atoms with Crippen LogP contribution in [-0.4, -0.2) is 48.6 Å². The molecule has 9 heteroatoms. The number of rotatable bonds is 2. The summed E-state index contributed by atoms with van der Waals surface area (Å²) in [4.78, 5) is 35.6. The van der Waals surface area contributed by atoms with Crippen LogP contribution in [0.25, 0.3) is 11.3 Å². The second-order valence-corrected chi connectivity index (χ2v) is 7.56. The largest absolute Gasteiger partial charge is 0.384 e. The monoisotopic (exact) mass is 389 g/mol. The lowest BCUT2D eigenvalue weighted by Gasteiger charge is -2.42. The maximum Gasteiger partial charge on any atom is 0.274 e. The van der Waals surface area contributed by atoms with Crippen LogP contribution in [0, 0.1) is 5.92 Å². The molecule has 0 spiro atoms. The van der Waals surface area contributed by atoms with Gasteiger partial charge in [0.15, 0.2) is 5.69 Å². The molecule has 146 valence electrons. The fourth-order valence-corrected chi connectivity index (χ4v) is 4.38. The van der Waals surface area contributed by atoms with E-state index in [1.807, 2.05) is 15.5 Å². The first-order chi connectivity index (χ1) is 14.1. The molecular formula is C20H19N7O2. The molecule has 9 nitrogen and oxygen atoms in total. The van der Waals surface area contributed by atoms with Crippen LogP contribution in [-0.2, 0) is 6.54 Å². The van der Waals surface area contributed by atoms with Crippen molar-refractivity contribution in [1.29, 1.82) is 0 Å². The lowest BCUT2D eigenvalue weighted by molar-refractivity contribution is 0.0587. The highest BCUT2D eigenvalue weighted by Crippen LogP contribution is 2.36. The summed E-state index contributed by atoms with van der Waals surface area (Å²) in [7, 11) is 0. The van der Waals surface area contributed by atoms with E-state index in [1.165, 1.54) is 6.33 Å². The summed E-state index contributed by atoms with van der Waals surface area (Å²) < 4.78 is 1.83. The highest BCUT2D eigenvalue weighted by molar-refractivity contribution is 5.92. The van der Waals surface area contributed by atoms with Crippen molar-refractivity contribution in [2.75, 3.05) is 18.8 Å². The third kappa shape index (κ3) is 3.14. The Morgan fingerprint density at radius 2 is 2.03 bits per heavy atom. The van der Waals surface area contributed by atoms with E-state index < -0.39 is 0 Å². The van der Waals surface area contributed by atoms with Crippen molar-refractivity contribution in [3.8, 4) is 11.3 Å². The molecule has 1 amide bonds. The maximum absolute atomic E-state index is 12.9. The van der Waals surface area contributed by atoms with Crippen LogP contribution in [0.2, 0.25) is 0 Å². The number of nitrogens with zero attached hydrogens (tertiary/aromatic N) is 6. The SMILES string of the molecule is Nc1cc(-c2cc3n(c(=O)c2)C[C@H]2C[C@@H]3CN(C(=O)c3cccnn3)C2)ncn1. The van der Waals surface area contributed by atoms with E-state index in [4.69, 9.17) is 5.73 Å². The molecule has 2 atom stereocenters. The predicted octanol–water partition coefficient (Wildman–Crippen LogP) is 0.937. The Kier molecular flexibility index (Phi) is 4.08. The third-order valence-corrected chi connectivity index (χ3v) is 5.62. The first kappa shape index (κ1) is 17.5. The van der Waals surface area contributed by atoms with Crippen molar-refractivity contribution >= 4 is 11.7 Å². The number of nitrogen functional groups attached to an aromatic ring is 1. The minimum absolute atomic E-state index is 0.0573. The smallest absolute Gasteiger partial charge is 0.274 e. The van der Waals surface area contributed by atoms with Crippen LogP contribution in [0.4, 0.5) is 5.82 Å². The average molecular weight is 389 g/mol. The van der Waals surface area contributed by atoms with Crippen molar-refractivity contribution in [2.45, 2.75) is 18.9 Å². The van der Waals surface area contributed by atoms with Gasteiger partial charge in [-0.3, -0.25) is 9.59 Å². The van der Waals surface area contributed by atoms with E-state index in [9.17, 15) is 9.59 Å². The molecule has 2 bridgehead atoms. The molecule has 2 N–H and O–H groups in total. The third-order valence-electron chi connectivity index (χ3n) is 5.62. The van der Waals surface area contributed by atoms with E-state index >= 15 is 0 Å². The zero-order valence-corrected chi connectivity index (χ0v) is 15.6. The Morgan fingerprint density at radius 3 is 2.83 bits per heavy atom. The Balaban J connectivity index is 1.50. The standard InChI is InChI=1S/C20H19N7O2/c21-18-7-16(22-11-23-18)13-5-17-14-4-12(9-27(17)19(28)6-13)8-26(10-14)20(29)15-2-1-3-24-25-15/h1-3,5-7,11-12,14H,4,8-10H2,(H2,21,22,23)/t12-,14+/m0/s1. The number of fused-ring (bicyclic) bond motifs is 4. The number of piperidine rings is 1. The van der Waals surface area contributed by atoms with Gasteiger partial charge in [0.05, 0.1) is 5.69 Å². The lowest BCUT2D eigenvalue weighted by atomic mass is 9.82. The van der Waals surface area contributed by atoms with E-state index in [2.05, 4.69) is 20.2 Å². The second kappa shape index (κ2) is 6.77. The number of hydrogen-bond donors (Lipinski definition) is 1. The molecule has 2 aliphatic rings. The highest BCUT2D eigenvalue weighted by Gasteiger charge is 2.37. The van der Waals surface area contributed by atoms with E-state index in [0.29, 0.717) is 42.4 Å². The number of nitrogens with two attached hydrogens (primary N) is 1. The minimum atomic E-state index is -0.122. The molecular weight excluding hydrogens is 370 g/mol. The van der Waals surface area contributed by atoms with Gasteiger partial charge in [0.1, 0.15) is 12.1 Å². The normalized spacial score (nSPS) is 20.2. The molecule has 0 unspecified atom stereocenters. The van der Waals surface area contributed by atoms with Crippen LogP contribution in [0.15, 0.2) is 47.7 Å². The van der Waals surface area contributed by atoms with Gasteiger partial charge in [0, 0.05) is 55.1 Å². The Hall–Kier alpha value is -3.62. The number of carbonyl (C=O) groups is 1. The van der Waals surface area contributed by atoms with Gasteiger partial charge in [0.25, 0.3) is 11.5 Å². The number of anilines is 1. The van der Waals surface area contributed by atoms with Crippen LogP contribution in [0.1, 0.15) is 28.5 Å². The van der Waals surface area contributed by atoms with Crippen LogP contribution in [0.3, 0.4) is 0 Å². The number of hydrogen-bond acceptors (Lipinski definition) is 7. The quantitative estimate of drug-likeness (QED) is 0.692. The number of pyridine rings is 1. The summed E-state index contributed by atoms with van der Waals surface area (Å²) in [6.07, 6.45) is 3.88. The molecule has 3 aromatic heterocycles. The summed E-state index contributed by atoms with van der Waals surface area (Å²) in [5.41, 5.74) is 8.31. The summed E-state index contributed by atoms with van der Waals surface area (Å²) in [6.45, 7) is 1.75. The summed E-state index contributed by atoms with van der Waals surface area (Å²) >= 11 is 0. The van der Waals surface area contributed by atoms with Gasteiger partial charge >= 0.3 is 0 Å². The van der Waals surface area contributed by atoms with Gasteiger partial charge in [-0.15, -0.1) is 5.10 Å². The van der Waals surface area contributed by atoms with Crippen LogP contribution >= 0.6 is 0 Å². The molecule has 0 aromatic carbocycles. The number of amides is 1. The van der Waals surface area contributed by atoms with Crippen molar-refractivity contribution in [2.24, 2.45) is 5.92 Å². The number of likely N-dealkylation sites (tertiary alicyclic amines) is 1. The van der Waals surface area contributed by atoms with Crippen LogP contribution < -0.4 is 11.3 Å². The second-order valence-electron chi connectivity index (χ2n) is 7.56. The Morgan fingerprint density at radius 1 is 1.14 bits per heavy atom. The Bertz CT molecular complexity index is 1150. The maximum atomic E-state index is 12.9. The van der Waals surface area contributed by atoms with Gasteiger partial charge in [0.2, 0.25) is 0 Å². The molecule has 0 saturated carbocycles. The van der Waals surface area contributed by atoms with E-state index in [1.54, 1.807) is 30.5 Å². The molecule has 5 heterocycles. The van der Waals surface area contributed by atoms with Crippen molar-refractivity contribution < 1.29 is 4.79 Å². The first-order valence-corrected chi connectivity index (χ1v) is 9.48. The van der Waals surface area contributed by atoms with Crippen molar-refractivity contribution in [3.05, 3.63) is 64.6 Å². The van der Waals surface area contributed by atoms with Gasteiger partial charge in [-0.25, -0.2) is 9.97 Å². The summed E-state index contributed by atoms with van der Waals surface area (Å²) in [5, 5.41) is 7.75. The lowest BCUT2D eigenvalue weighted by Crippen LogP contribution is -2.49. The van der Waals surface area contributed by atoms with Crippen molar-refractivity contribution in [1.82, 2.24) is 29.6 Å². The fraction of sp³-hybridized carbons (Fsp3) is 0.300. The molecule has 1 fully saturated rings. The van der Waals surface area contributed by atoms with E-state index in [-0.39, 0.29) is 23.3 Å². The molecule has 29 heavy (non-hydrogen) atoms. The van der Waals surface area contributed by atoms with Crippen molar-refractivity contribution in [3.63, 3.8) is 0 Å². The summed E-state index contributed by atoms with van der Waals surface area (Å²) in [5.74, 6) is 0.546. The molecule has 1 saturated heterocycles. The molecule has 2 aliphatic heterocycles. The topological polar surface area (TPSA) is 120 Å². The first-order valence-electron chi connectivity index (χ1n) is 9.48. The minimum Gasteiger partial charge on any atom is -0.384 e. The molecule has 3 aromatic rings. The van der Waals surface area contributed by atoms with Crippen LogP contribution in [0.5, 0.6) is 0 Å². The fourth-order valence-electron chi connectivity index (χ4n) is 4.38. The Labute approximate surface area is 166 Å². The molecule has 5 rings (SSSR count). The zero-order valence-electron chi connectivity index (χ0n) is 15.6. The summed E-state index contributed by atoms with van der Waals surface area (Å²) in [6, 6.07) is 8.62. The van der Waals surface area contributed by atoms with Gasteiger partial charge in [-0.1, -0.05) is 0 Å². The zero-order chi connectivity index (χ0) is 20.0. The molecule has 0 aliphatic carbocycles. The molecule has 0 radical (unpaired) electrons. The van der Waals surface area contributed by atoms with Gasteiger partial charge in [-0.05, 0) is 30.5 Å². The van der Waals surface area contributed by atoms with Gasteiger partial charge in [-0.2, -0.15) is 5.10 Å².